The van der Waals surface area contributed by atoms with Gasteiger partial charge in [0.15, 0.2) is 0 Å². The van der Waals surface area contributed by atoms with Crippen molar-refractivity contribution in [2.75, 3.05) is 5.32 Å². The number of aromatic carboxylic acids is 1. The standard InChI is InChI=1S/C12H7N7O2/c13-4-7-1-2-9(12(20)21)10(3-7)15-6-8(5-14)11-16-18-19-17-11/h1-3,6,15H,(H,20,21)(H,16,17,18,19). The van der Waals surface area contributed by atoms with E-state index in [1.165, 1.54) is 24.4 Å². The monoisotopic (exact) mass is 281 g/mol. The summed E-state index contributed by atoms with van der Waals surface area (Å²) in [6, 6.07) is 7.82. The second-order valence-corrected chi connectivity index (χ2v) is 3.73. The molecule has 1 heterocycles. The Morgan fingerprint density at radius 1 is 1.43 bits per heavy atom. The first-order valence-corrected chi connectivity index (χ1v) is 5.53. The van der Waals surface area contributed by atoms with Gasteiger partial charge < -0.3 is 10.4 Å². The van der Waals surface area contributed by atoms with Crippen molar-refractivity contribution in [1.82, 2.24) is 20.6 Å². The van der Waals surface area contributed by atoms with Gasteiger partial charge in [0.1, 0.15) is 11.6 Å². The number of aromatic amines is 1. The van der Waals surface area contributed by atoms with Gasteiger partial charge in [0.2, 0.25) is 5.82 Å². The van der Waals surface area contributed by atoms with Crippen LogP contribution in [0.3, 0.4) is 0 Å². The number of hydrogen-bond acceptors (Lipinski definition) is 7. The van der Waals surface area contributed by atoms with E-state index in [9.17, 15) is 4.79 Å². The molecule has 0 saturated heterocycles. The van der Waals surface area contributed by atoms with Crippen molar-refractivity contribution in [1.29, 1.82) is 10.5 Å². The molecule has 0 aliphatic heterocycles. The summed E-state index contributed by atoms with van der Waals surface area (Å²) in [5.74, 6) is -1.09. The zero-order chi connectivity index (χ0) is 15.2. The van der Waals surface area contributed by atoms with Gasteiger partial charge in [-0.1, -0.05) is 0 Å². The van der Waals surface area contributed by atoms with Crippen molar-refractivity contribution in [2.24, 2.45) is 0 Å². The Balaban J connectivity index is 2.37. The molecule has 0 amide bonds. The number of carboxylic acids is 1. The number of anilines is 1. The van der Waals surface area contributed by atoms with E-state index in [1.807, 2.05) is 12.1 Å². The van der Waals surface area contributed by atoms with Gasteiger partial charge in [-0.05, 0) is 23.4 Å². The first-order chi connectivity index (χ1) is 10.2. The summed E-state index contributed by atoms with van der Waals surface area (Å²) >= 11 is 0. The number of hydrogen-bond donors (Lipinski definition) is 3. The molecule has 1 aromatic carbocycles. The maximum atomic E-state index is 11.1. The Morgan fingerprint density at radius 3 is 2.81 bits per heavy atom. The van der Waals surface area contributed by atoms with E-state index in [0.717, 1.165) is 0 Å². The largest absolute Gasteiger partial charge is 0.478 e. The molecule has 9 heteroatoms. The molecule has 0 unspecified atom stereocenters. The van der Waals surface area contributed by atoms with Gasteiger partial charge in [0, 0.05) is 6.20 Å². The minimum atomic E-state index is -1.16. The van der Waals surface area contributed by atoms with Crippen molar-refractivity contribution in [3.05, 3.63) is 41.4 Å². The van der Waals surface area contributed by atoms with E-state index in [4.69, 9.17) is 15.6 Å². The summed E-state index contributed by atoms with van der Waals surface area (Å²) in [6.45, 7) is 0. The number of nitrogens with zero attached hydrogens (tertiary/aromatic N) is 5. The number of carbonyl (C=O) groups is 1. The molecule has 0 aliphatic rings. The van der Waals surface area contributed by atoms with Crippen LogP contribution in [0.15, 0.2) is 24.4 Å². The summed E-state index contributed by atoms with van der Waals surface area (Å²) in [7, 11) is 0. The number of allylic oxidation sites excluding steroid dienone is 1. The third kappa shape index (κ3) is 3.00. The molecule has 0 radical (unpaired) electrons. The van der Waals surface area contributed by atoms with Crippen LogP contribution in [0.25, 0.3) is 5.57 Å². The van der Waals surface area contributed by atoms with Gasteiger partial charge in [-0.15, -0.1) is 10.2 Å². The molecule has 0 bridgehead atoms. The number of nitrogens with one attached hydrogen (secondary N) is 2. The minimum absolute atomic E-state index is 0.0318. The van der Waals surface area contributed by atoms with Crippen molar-refractivity contribution in [3.63, 3.8) is 0 Å². The lowest BCUT2D eigenvalue weighted by atomic mass is 10.1. The van der Waals surface area contributed by atoms with E-state index in [1.54, 1.807) is 0 Å². The molecule has 0 saturated carbocycles. The lowest BCUT2D eigenvalue weighted by Gasteiger charge is -2.06. The van der Waals surface area contributed by atoms with Crippen molar-refractivity contribution in [2.45, 2.75) is 0 Å². The highest BCUT2D eigenvalue weighted by Gasteiger charge is 2.11. The van der Waals surface area contributed by atoms with Crippen molar-refractivity contribution >= 4 is 17.2 Å². The van der Waals surface area contributed by atoms with Crippen LogP contribution >= 0.6 is 0 Å². The number of rotatable bonds is 4. The third-order valence-electron chi connectivity index (χ3n) is 2.46. The van der Waals surface area contributed by atoms with Crippen LogP contribution in [-0.2, 0) is 0 Å². The lowest BCUT2D eigenvalue weighted by molar-refractivity contribution is 0.0698. The number of carboxylic acid groups (broad SMARTS) is 1. The summed E-state index contributed by atoms with van der Waals surface area (Å²) in [6.07, 6.45) is 1.24. The fraction of sp³-hybridized carbons (Fsp3) is 0. The van der Waals surface area contributed by atoms with Gasteiger partial charge in [0.05, 0.1) is 22.9 Å². The molecule has 102 valence electrons. The fourth-order valence-electron chi connectivity index (χ4n) is 1.49. The lowest BCUT2D eigenvalue weighted by Crippen LogP contribution is -2.03. The van der Waals surface area contributed by atoms with Crippen LogP contribution in [0.1, 0.15) is 21.7 Å². The zero-order valence-corrected chi connectivity index (χ0v) is 10.4. The van der Waals surface area contributed by atoms with E-state index < -0.39 is 5.97 Å². The average Bonchev–Trinajstić information content (AvgIpc) is 3.01. The maximum absolute atomic E-state index is 11.1. The molecule has 0 atom stereocenters. The van der Waals surface area contributed by atoms with Gasteiger partial charge in [-0.25, -0.2) is 4.79 Å². The molecule has 0 aliphatic carbocycles. The molecule has 3 N–H and O–H groups in total. The SMILES string of the molecule is N#CC(=CNc1cc(C#N)ccc1C(=O)O)c1nn[nH]n1. The number of H-pyrrole nitrogens is 1. The Morgan fingerprint density at radius 2 is 2.24 bits per heavy atom. The van der Waals surface area contributed by atoms with Crippen LogP contribution in [0.5, 0.6) is 0 Å². The second kappa shape index (κ2) is 5.95. The summed E-state index contributed by atoms with van der Waals surface area (Å²) < 4.78 is 0. The van der Waals surface area contributed by atoms with Gasteiger partial charge in [-0.2, -0.15) is 15.7 Å². The Bertz CT molecular complexity index is 781. The quantitative estimate of drug-likeness (QED) is 0.694. The summed E-state index contributed by atoms with van der Waals surface area (Å²) in [5, 5.41) is 42.4. The highest BCUT2D eigenvalue weighted by molar-refractivity contribution is 5.95. The molecule has 1 aromatic heterocycles. The van der Waals surface area contributed by atoms with E-state index >= 15 is 0 Å². The van der Waals surface area contributed by atoms with E-state index in [2.05, 4.69) is 25.9 Å². The number of tetrazole rings is 1. The maximum Gasteiger partial charge on any atom is 0.337 e. The summed E-state index contributed by atoms with van der Waals surface area (Å²) in [5.41, 5.74) is 0.491. The molecular weight excluding hydrogens is 274 g/mol. The molecule has 9 nitrogen and oxygen atoms in total. The van der Waals surface area contributed by atoms with Crippen molar-refractivity contribution < 1.29 is 9.90 Å². The Kier molecular flexibility index (Phi) is 3.88. The second-order valence-electron chi connectivity index (χ2n) is 3.73. The number of benzene rings is 1. The van der Waals surface area contributed by atoms with Crippen LogP contribution in [0, 0.1) is 22.7 Å². The predicted molar refractivity (Wildman–Crippen MR) is 69.5 cm³/mol. The van der Waals surface area contributed by atoms with Gasteiger partial charge in [0.25, 0.3) is 0 Å². The average molecular weight is 281 g/mol. The van der Waals surface area contributed by atoms with E-state index in [0.29, 0.717) is 0 Å². The molecule has 0 fully saturated rings. The predicted octanol–water partition coefficient (Wildman–Crippen LogP) is 0.746. The van der Waals surface area contributed by atoms with E-state index in [-0.39, 0.29) is 28.2 Å². The first kappa shape index (κ1) is 13.7. The van der Waals surface area contributed by atoms with Crippen LogP contribution in [-0.4, -0.2) is 31.7 Å². The minimum Gasteiger partial charge on any atom is -0.478 e. The topological polar surface area (TPSA) is 151 Å². The Hall–Kier alpha value is -3.72. The molecule has 2 aromatic rings. The highest BCUT2D eigenvalue weighted by atomic mass is 16.4. The van der Waals surface area contributed by atoms with Gasteiger partial charge >= 0.3 is 5.97 Å². The third-order valence-corrected chi connectivity index (χ3v) is 2.46. The van der Waals surface area contributed by atoms with Crippen molar-refractivity contribution in [3.8, 4) is 12.1 Å². The number of aromatic nitrogens is 4. The summed E-state index contributed by atoms with van der Waals surface area (Å²) in [4.78, 5) is 11.1. The molecule has 2 rings (SSSR count). The fourth-order valence-corrected chi connectivity index (χ4v) is 1.49. The smallest absolute Gasteiger partial charge is 0.337 e. The molecule has 21 heavy (non-hydrogen) atoms. The molecular formula is C12H7N7O2. The van der Waals surface area contributed by atoms with Crippen LogP contribution in [0.4, 0.5) is 5.69 Å². The zero-order valence-electron chi connectivity index (χ0n) is 10.4. The Labute approximate surface area is 118 Å². The highest BCUT2D eigenvalue weighted by Crippen LogP contribution is 2.19. The molecule has 0 spiro atoms. The van der Waals surface area contributed by atoms with Crippen LogP contribution < -0.4 is 5.32 Å². The number of nitriles is 2. The first-order valence-electron chi connectivity index (χ1n) is 5.53. The van der Waals surface area contributed by atoms with Crippen LogP contribution in [0.2, 0.25) is 0 Å². The van der Waals surface area contributed by atoms with Gasteiger partial charge in [-0.3, -0.25) is 0 Å². The normalized spacial score (nSPS) is 10.5.